The van der Waals surface area contributed by atoms with Crippen LogP contribution in [0.4, 0.5) is 0 Å². The highest BCUT2D eigenvalue weighted by Gasteiger charge is 2.10. The topological polar surface area (TPSA) is 43.0 Å². The van der Waals surface area contributed by atoms with Crippen LogP contribution in [0.25, 0.3) is 0 Å². The highest BCUT2D eigenvalue weighted by atomic mass is 16.5. The van der Waals surface area contributed by atoms with Crippen LogP contribution in [0.1, 0.15) is 5.56 Å². The number of nitrogens with zero attached hydrogens (tertiary/aromatic N) is 1. The van der Waals surface area contributed by atoms with E-state index in [1.54, 1.807) is 7.11 Å². The molecule has 1 heterocycles. The van der Waals surface area contributed by atoms with Gasteiger partial charge in [0.25, 0.3) is 0 Å². The van der Waals surface area contributed by atoms with Crippen LogP contribution < -0.4 is 10.1 Å². The number of hydrogen-bond acceptors (Lipinski definition) is 5. The van der Waals surface area contributed by atoms with Crippen molar-refractivity contribution in [3.63, 3.8) is 0 Å². The van der Waals surface area contributed by atoms with Gasteiger partial charge in [-0.2, -0.15) is 0 Å². The number of benzene rings is 1. The first-order valence-electron chi connectivity index (χ1n) is 7.60. The Bertz CT molecular complexity index is 395. The Labute approximate surface area is 127 Å². The second kappa shape index (κ2) is 9.73. The number of rotatable bonds is 9. The maximum Gasteiger partial charge on any atom is 0.123 e. The van der Waals surface area contributed by atoms with E-state index in [4.69, 9.17) is 14.2 Å². The van der Waals surface area contributed by atoms with Crippen LogP contribution >= 0.6 is 0 Å². The van der Waals surface area contributed by atoms with Crippen LogP contribution in [0.15, 0.2) is 24.3 Å². The minimum Gasteiger partial charge on any atom is -0.492 e. The number of morpholine rings is 1. The molecule has 0 aliphatic carbocycles. The SMILES string of the molecule is COCCNCc1ccccc1OCCN1CCOCC1. The van der Waals surface area contributed by atoms with Crippen LogP contribution in [0.3, 0.4) is 0 Å². The number of para-hydroxylation sites is 1. The Morgan fingerprint density at radius 1 is 1.19 bits per heavy atom. The Morgan fingerprint density at radius 2 is 2.00 bits per heavy atom. The largest absolute Gasteiger partial charge is 0.492 e. The highest BCUT2D eigenvalue weighted by molar-refractivity contribution is 5.33. The van der Waals surface area contributed by atoms with Crippen molar-refractivity contribution >= 4 is 0 Å². The Balaban J connectivity index is 1.73. The molecule has 118 valence electrons. The van der Waals surface area contributed by atoms with Crippen molar-refractivity contribution in [2.24, 2.45) is 0 Å². The first-order chi connectivity index (χ1) is 10.4. The molecule has 1 aliphatic rings. The van der Waals surface area contributed by atoms with E-state index >= 15 is 0 Å². The van der Waals surface area contributed by atoms with Gasteiger partial charge in [-0.1, -0.05) is 18.2 Å². The summed E-state index contributed by atoms with van der Waals surface area (Å²) in [7, 11) is 1.71. The fourth-order valence-electron chi connectivity index (χ4n) is 2.30. The van der Waals surface area contributed by atoms with E-state index in [1.807, 2.05) is 18.2 Å². The first-order valence-corrected chi connectivity index (χ1v) is 7.60. The summed E-state index contributed by atoms with van der Waals surface area (Å²) >= 11 is 0. The molecule has 5 nitrogen and oxygen atoms in total. The minimum absolute atomic E-state index is 0.717. The average Bonchev–Trinajstić information content (AvgIpc) is 2.54. The van der Waals surface area contributed by atoms with Gasteiger partial charge in [0.15, 0.2) is 0 Å². The molecule has 2 rings (SSSR count). The molecule has 0 atom stereocenters. The molecule has 0 radical (unpaired) electrons. The molecule has 0 bridgehead atoms. The van der Waals surface area contributed by atoms with E-state index in [1.165, 1.54) is 5.56 Å². The molecule has 0 unspecified atom stereocenters. The van der Waals surface area contributed by atoms with Crippen molar-refractivity contribution in [2.45, 2.75) is 6.54 Å². The van der Waals surface area contributed by atoms with Gasteiger partial charge in [0.05, 0.1) is 19.8 Å². The van der Waals surface area contributed by atoms with Crippen molar-refractivity contribution in [2.75, 3.05) is 59.7 Å². The number of ether oxygens (including phenoxy) is 3. The first kappa shape index (κ1) is 16.2. The van der Waals surface area contributed by atoms with Gasteiger partial charge in [-0.25, -0.2) is 0 Å². The number of hydrogen-bond donors (Lipinski definition) is 1. The molecule has 1 aromatic rings. The van der Waals surface area contributed by atoms with Gasteiger partial charge in [-0.05, 0) is 6.07 Å². The Kier molecular flexibility index (Phi) is 7.53. The molecule has 0 amide bonds. The fourth-order valence-corrected chi connectivity index (χ4v) is 2.30. The third-order valence-electron chi connectivity index (χ3n) is 3.54. The quantitative estimate of drug-likeness (QED) is 0.692. The second-order valence-corrected chi connectivity index (χ2v) is 5.08. The minimum atomic E-state index is 0.717. The van der Waals surface area contributed by atoms with E-state index in [0.717, 1.165) is 64.9 Å². The fraction of sp³-hybridized carbons (Fsp3) is 0.625. The van der Waals surface area contributed by atoms with Gasteiger partial charge in [0.1, 0.15) is 12.4 Å². The van der Waals surface area contributed by atoms with Crippen molar-refractivity contribution in [3.8, 4) is 5.75 Å². The lowest BCUT2D eigenvalue weighted by Crippen LogP contribution is -2.38. The maximum absolute atomic E-state index is 5.94. The van der Waals surface area contributed by atoms with Crippen molar-refractivity contribution in [1.82, 2.24) is 10.2 Å². The van der Waals surface area contributed by atoms with Gasteiger partial charge in [0, 0.05) is 45.4 Å². The number of methoxy groups -OCH3 is 1. The molecule has 0 saturated carbocycles. The van der Waals surface area contributed by atoms with Crippen molar-refractivity contribution in [1.29, 1.82) is 0 Å². The van der Waals surface area contributed by atoms with Gasteiger partial charge < -0.3 is 19.5 Å². The molecule has 0 spiro atoms. The predicted octanol–water partition coefficient (Wildman–Crippen LogP) is 1.13. The lowest BCUT2D eigenvalue weighted by Gasteiger charge is -2.26. The van der Waals surface area contributed by atoms with Gasteiger partial charge >= 0.3 is 0 Å². The van der Waals surface area contributed by atoms with Gasteiger partial charge in [-0.3, -0.25) is 4.90 Å². The van der Waals surface area contributed by atoms with Crippen LogP contribution in [0.5, 0.6) is 5.75 Å². The van der Waals surface area contributed by atoms with E-state index in [9.17, 15) is 0 Å². The summed E-state index contributed by atoms with van der Waals surface area (Å²) in [6, 6.07) is 8.20. The average molecular weight is 294 g/mol. The molecular formula is C16H26N2O3. The normalized spacial score (nSPS) is 16.0. The van der Waals surface area contributed by atoms with E-state index in [-0.39, 0.29) is 0 Å². The molecular weight excluding hydrogens is 268 g/mol. The zero-order valence-electron chi connectivity index (χ0n) is 12.8. The third kappa shape index (κ3) is 6.01. The molecule has 1 aromatic carbocycles. The Morgan fingerprint density at radius 3 is 2.81 bits per heavy atom. The molecule has 21 heavy (non-hydrogen) atoms. The molecule has 5 heteroatoms. The zero-order valence-corrected chi connectivity index (χ0v) is 12.8. The smallest absolute Gasteiger partial charge is 0.123 e. The zero-order chi connectivity index (χ0) is 14.8. The summed E-state index contributed by atoms with van der Waals surface area (Å²) in [5, 5.41) is 3.35. The lowest BCUT2D eigenvalue weighted by molar-refractivity contribution is 0.0322. The monoisotopic (exact) mass is 294 g/mol. The van der Waals surface area contributed by atoms with E-state index in [2.05, 4.69) is 16.3 Å². The molecule has 1 fully saturated rings. The van der Waals surface area contributed by atoms with E-state index in [0.29, 0.717) is 0 Å². The van der Waals surface area contributed by atoms with Crippen LogP contribution in [-0.4, -0.2) is 64.6 Å². The molecule has 0 aromatic heterocycles. The van der Waals surface area contributed by atoms with Gasteiger partial charge in [0.2, 0.25) is 0 Å². The van der Waals surface area contributed by atoms with Crippen LogP contribution in [-0.2, 0) is 16.0 Å². The van der Waals surface area contributed by atoms with Crippen LogP contribution in [0.2, 0.25) is 0 Å². The summed E-state index contributed by atoms with van der Waals surface area (Å²) < 4.78 is 16.3. The van der Waals surface area contributed by atoms with Crippen molar-refractivity contribution in [3.05, 3.63) is 29.8 Å². The molecule has 1 aliphatic heterocycles. The summed E-state index contributed by atoms with van der Waals surface area (Å²) in [5.41, 5.74) is 1.19. The summed E-state index contributed by atoms with van der Waals surface area (Å²) in [6.07, 6.45) is 0. The molecule has 1 saturated heterocycles. The Hall–Kier alpha value is -1.14. The lowest BCUT2D eigenvalue weighted by atomic mass is 10.2. The summed E-state index contributed by atoms with van der Waals surface area (Å²) in [6.45, 7) is 7.72. The maximum atomic E-state index is 5.94. The van der Waals surface area contributed by atoms with Gasteiger partial charge in [-0.15, -0.1) is 0 Å². The number of nitrogens with one attached hydrogen (secondary N) is 1. The van der Waals surface area contributed by atoms with E-state index < -0.39 is 0 Å². The van der Waals surface area contributed by atoms with Crippen molar-refractivity contribution < 1.29 is 14.2 Å². The standard InChI is InChI=1S/C16H26N2O3/c1-19-10-6-17-14-15-4-2-3-5-16(15)21-13-9-18-7-11-20-12-8-18/h2-5,17H,6-14H2,1H3. The van der Waals surface area contributed by atoms with Crippen LogP contribution in [0, 0.1) is 0 Å². The summed E-state index contributed by atoms with van der Waals surface area (Å²) in [4.78, 5) is 2.38. The predicted molar refractivity (Wildman–Crippen MR) is 82.8 cm³/mol. The summed E-state index contributed by atoms with van der Waals surface area (Å²) in [5.74, 6) is 0.968. The second-order valence-electron chi connectivity index (χ2n) is 5.08. The molecule has 1 N–H and O–H groups in total. The highest BCUT2D eigenvalue weighted by Crippen LogP contribution is 2.17. The third-order valence-corrected chi connectivity index (χ3v) is 3.54.